The van der Waals surface area contributed by atoms with Crippen molar-refractivity contribution in [2.75, 3.05) is 19.6 Å². The van der Waals surface area contributed by atoms with Crippen molar-refractivity contribution in [1.29, 1.82) is 0 Å². The van der Waals surface area contributed by atoms with Gasteiger partial charge in [0.15, 0.2) is 0 Å². The van der Waals surface area contributed by atoms with Crippen LogP contribution in [0.5, 0.6) is 0 Å². The number of pyridine rings is 1. The predicted octanol–water partition coefficient (Wildman–Crippen LogP) is 2.73. The third-order valence-corrected chi connectivity index (χ3v) is 4.20. The molecule has 0 saturated carbocycles. The molecule has 0 spiro atoms. The molecule has 5 heteroatoms. The minimum absolute atomic E-state index is 0.0270. The fraction of sp³-hybridized carbons (Fsp3) is 0.611. The Balaban J connectivity index is 2.01. The lowest BCUT2D eigenvalue weighted by Crippen LogP contribution is -2.39. The second kappa shape index (κ2) is 8.09. The summed E-state index contributed by atoms with van der Waals surface area (Å²) in [5.41, 5.74) is 0.945. The molecule has 0 aromatic carbocycles. The van der Waals surface area contributed by atoms with Crippen molar-refractivity contribution in [3.63, 3.8) is 0 Å². The van der Waals surface area contributed by atoms with Gasteiger partial charge in [-0.25, -0.2) is 0 Å². The molecule has 1 saturated heterocycles. The van der Waals surface area contributed by atoms with Crippen molar-refractivity contribution in [3.05, 3.63) is 29.6 Å². The number of amides is 2. The SMILES string of the molecule is CC(C)CCNC(=O)c1cncc(C(=O)N2CCCC(C)C2)c1. The zero-order valence-electron chi connectivity index (χ0n) is 14.3. The summed E-state index contributed by atoms with van der Waals surface area (Å²) < 4.78 is 0. The number of nitrogens with one attached hydrogen (secondary N) is 1. The summed E-state index contributed by atoms with van der Waals surface area (Å²) in [6.07, 6.45) is 6.20. The van der Waals surface area contributed by atoms with Crippen LogP contribution in [-0.4, -0.2) is 41.3 Å². The monoisotopic (exact) mass is 317 g/mol. The molecular weight excluding hydrogens is 290 g/mol. The van der Waals surface area contributed by atoms with Gasteiger partial charge in [-0.1, -0.05) is 20.8 Å². The van der Waals surface area contributed by atoms with E-state index in [9.17, 15) is 9.59 Å². The Kier molecular flexibility index (Phi) is 6.13. The van der Waals surface area contributed by atoms with Crippen LogP contribution in [0, 0.1) is 11.8 Å². The number of rotatable bonds is 5. The first-order valence-electron chi connectivity index (χ1n) is 8.50. The van der Waals surface area contributed by atoms with E-state index in [0.717, 1.165) is 25.9 Å². The van der Waals surface area contributed by atoms with E-state index in [1.165, 1.54) is 12.6 Å². The van der Waals surface area contributed by atoms with Crippen molar-refractivity contribution in [1.82, 2.24) is 15.2 Å². The summed E-state index contributed by atoms with van der Waals surface area (Å²) in [5.74, 6) is 0.881. The lowest BCUT2D eigenvalue weighted by molar-refractivity contribution is 0.0682. The standard InChI is InChI=1S/C18H27N3O2/c1-13(2)6-7-20-17(22)15-9-16(11-19-10-15)18(23)21-8-4-5-14(3)12-21/h9-11,13-14H,4-8,12H2,1-3H3,(H,20,22). The fourth-order valence-corrected chi connectivity index (χ4v) is 2.81. The molecule has 1 fully saturated rings. The quantitative estimate of drug-likeness (QED) is 0.908. The number of carbonyl (C=O) groups is 2. The molecule has 2 amide bonds. The van der Waals surface area contributed by atoms with E-state index < -0.39 is 0 Å². The van der Waals surface area contributed by atoms with Gasteiger partial charge in [-0.3, -0.25) is 14.6 Å². The summed E-state index contributed by atoms with van der Waals surface area (Å²) in [4.78, 5) is 30.7. The van der Waals surface area contributed by atoms with Crippen LogP contribution in [-0.2, 0) is 0 Å². The highest BCUT2D eigenvalue weighted by Gasteiger charge is 2.22. The van der Waals surface area contributed by atoms with Crippen LogP contribution in [0.2, 0.25) is 0 Å². The normalized spacial score (nSPS) is 18.1. The summed E-state index contributed by atoms with van der Waals surface area (Å²) >= 11 is 0. The average Bonchev–Trinajstić information content (AvgIpc) is 2.54. The van der Waals surface area contributed by atoms with E-state index in [-0.39, 0.29) is 11.8 Å². The van der Waals surface area contributed by atoms with E-state index in [1.54, 1.807) is 12.3 Å². The van der Waals surface area contributed by atoms with Gasteiger partial charge in [0, 0.05) is 32.0 Å². The Morgan fingerprint density at radius 1 is 1.35 bits per heavy atom. The summed E-state index contributed by atoms with van der Waals surface area (Å²) in [6, 6.07) is 1.65. The number of nitrogens with zero attached hydrogens (tertiary/aromatic N) is 2. The number of likely N-dealkylation sites (tertiary alicyclic amines) is 1. The van der Waals surface area contributed by atoms with Gasteiger partial charge >= 0.3 is 0 Å². The van der Waals surface area contributed by atoms with Crippen molar-refractivity contribution < 1.29 is 9.59 Å². The maximum Gasteiger partial charge on any atom is 0.255 e. The number of carbonyl (C=O) groups excluding carboxylic acids is 2. The highest BCUT2D eigenvalue weighted by atomic mass is 16.2. The Morgan fingerprint density at radius 3 is 2.78 bits per heavy atom. The molecular formula is C18H27N3O2. The lowest BCUT2D eigenvalue weighted by atomic mass is 9.99. The Hall–Kier alpha value is -1.91. The third-order valence-electron chi connectivity index (χ3n) is 4.20. The molecule has 0 bridgehead atoms. The Labute approximate surface area is 138 Å². The molecule has 1 N–H and O–H groups in total. The molecule has 1 aromatic rings. The zero-order chi connectivity index (χ0) is 16.8. The number of hydrogen-bond acceptors (Lipinski definition) is 3. The number of piperidine rings is 1. The van der Waals surface area contributed by atoms with E-state index in [4.69, 9.17) is 0 Å². The molecule has 5 nitrogen and oxygen atoms in total. The van der Waals surface area contributed by atoms with E-state index in [1.807, 2.05) is 4.90 Å². The Morgan fingerprint density at radius 2 is 2.09 bits per heavy atom. The van der Waals surface area contributed by atoms with Crippen LogP contribution in [0.3, 0.4) is 0 Å². The van der Waals surface area contributed by atoms with E-state index in [0.29, 0.717) is 29.5 Å². The molecule has 1 atom stereocenters. The first kappa shape index (κ1) is 17.4. The van der Waals surface area contributed by atoms with Gasteiger partial charge in [0.2, 0.25) is 0 Å². The van der Waals surface area contributed by atoms with E-state index in [2.05, 4.69) is 31.1 Å². The highest BCUT2D eigenvalue weighted by Crippen LogP contribution is 2.18. The van der Waals surface area contributed by atoms with Crippen molar-refractivity contribution >= 4 is 11.8 Å². The lowest BCUT2D eigenvalue weighted by Gasteiger charge is -2.30. The molecule has 0 radical (unpaired) electrons. The molecule has 2 heterocycles. The topological polar surface area (TPSA) is 62.3 Å². The fourth-order valence-electron chi connectivity index (χ4n) is 2.81. The number of hydrogen-bond donors (Lipinski definition) is 1. The van der Waals surface area contributed by atoms with Gasteiger partial charge in [-0.05, 0) is 37.2 Å². The second-order valence-electron chi connectivity index (χ2n) is 6.90. The Bertz CT molecular complexity index is 557. The van der Waals surface area contributed by atoms with Crippen LogP contribution in [0.15, 0.2) is 18.5 Å². The molecule has 0 aliphatic carbocycles. The first-order chi connectivity index (χ1) is 11.0. The van der Waals surface area contributed by atoms with Gasteiger partial charge < -0.3 is 10.2 Å². The van der Waals surface area contributed by atoms with Crippen LogP contribution >= 0.6 is 0 Å². The largest absolute Gasteiger partial charge is 0.352 e. The summed E-state index contributed by atoms with van der Waals surface area (Å²) in [7, 11) is 0. The predicted molar refractivity (Wildman–Crippen MR) is 90.3 cm³/mol. The van der Waals surface area contributed by atoms with Gasteiger partial charge in [0.1, 0.15) is 0 Å². The van der Waals surface area contributed by atoms with Gasteiger partial charge in [-0.2, -0.15) is 0 Å². The maximum atomic E-state index is 12.6. The summed E-state index contributed by atoms with van der Waals surface area (Å²) in [6.45, 7) is 8.60. The molecule has 1 unspecified atom stereocenters. The highest BCUT2D eigenvalue weighted by molar-refractivity contribution is 5.99. The minimum atomic E-state index is -0.167. The molecule has 2 rings (SSSR count). The van der Waals surface area contributed by atoms with Crippen molar-refractivity contribution in [2.45, 2.75) is 40.0 Å². The molecule has 1 aliphatic heterocycles. The van der Waals surface area contributed by atoms with Gasteiger partial charge in [-0.15, -0.1) is 0 Å². The summed E-state index contributed by atoms with van der Waals surface area (Å²) in [5, 5.41) is 2.88. The smallest absolute Gasteiger partial charge is 0.255 e. The average molecular weight is 317 g/mol. The van der Waals surface area contributed by atoms with Crippen LogP contribution < -0.4 is 5.32 Å². The van der Waals surface area contributed by atoms with Gasteiger partial charge in [0.05, 0.1) is 11.1 Å². The third kappa shape index (κ3) is 5.05. The molecule has 1 aliphatic rings. The van der Waals surface area contributed by atoms with Crippen LogP contribution in [0.4, 0.5) is 0 Å². The van der Waals surface area contributed by atoms with Gasteiger partial charge in [0.25, 0.3) is 11.8 Å². The second-order valence-corrected chi connectivity index (χ2v) is 6.90. The minimum Gasteiger partial charge on any atom is -0.352 e. The van der Waals surface area contributed by atoms with Crippen molar-refractivity contribution in [3.8, 4) is 0 Å². The number of aromatic nitrogens is 1. The van der Waals surface area contributed by atoms with Crippen LogP contribution in [0.1, 0.15) is 60.7 Å². The van der Waals surface area contributed by atoms with Crippen molar-refractivity contribution in [2.24, 2.45) is 11.8 Å². The van der Waals surface area contributed by atoms with Crippen LogP contribution in [0.25, 0.3) is 0 Å². The molecule has 1 aromatic heterocycles. The first-order valence-corrected chi connectivity index (χ1v) is 8.50. The molecule has 126 valence electrons. The van der Waals surface area contributed by atoms with E-state index >= 15 is 0 Å². The zero-order valence-corrected chi connectivity index (χ0v) is 14.3. The molecule has 23 heavy (non-hydrogen) atoms. The maximum absolute atomic E-state index is 12.6.